The SMILES string of the molecule is CCCCCCCCCCCCCCCCCCCCCCCCCCCCCCC/C=C/C(O)C(CO)NC(=O)CCCCCCCCCCCCCCCCCCCCCCCCCCCCCCCCCCCCCCC. The van der Waals surface area contributed by atoms with Crippen LogP contribution < -0.4 is 5.32 Å². The number of carbonyl (C=O) groups excluding carboxylic acids is 1. The van der Waals surface area contributed by atoms with Crippen molar-refractivity contribution in [2.24, 2.45) is 0 Å². The highest BCUT2D eigenvalue weighted by Crippen LogP contribution is 2.20. The van der Waals surface area contributed by atoms with E-state index >= 15 is 0 Å². The van der Waals surface area contributed by atoms with Gasteiger partial charge in [0, 0.05) is 6.42 Å². The molecule has 0 aromatic rings. The zero-order valence-electron chi connectivity index (χ0n) is 55.4. The molecule has 0 aliphatic carbocycles. The van der Waals surface area contributed by atoms with Crippen LogP contribution in [0.1, 0.15) is 450 Å². The number of allylic oxidation sites excluding steroid dienone is 1. The van der Waals surface area contributed by atoms with Crippen LogP contribution in [0.4, 0.5) is 0 Å². The number of aliphatic hydroxyl groups excluding tert-OH is 2. The Kier molecular flexibility index (Phi) is 71.6. The molecule has 0 radical (unpaired) electrons. The fraction of sp³-hybridized carbons (Fsp3) is 0.961. The van der Waals surface area contributed by atoms with Crippen LogP contribution in [0, 0.1) is 0 Å². The second-order valence-electron chi connectivity index (χ2n) is 26.4. The van der Waals surface area contributed by atoms with E-state index in [1.807, 2.05) is 6.08 Å². The van der Waals surface area contributed by atoms with Crippen LogP contribution in [0.2, 0.25) is 0 Å². The van der Waals surface area contributed by atoms with Gasteiger partial charge in [-0.05, 0) is 19.3 Å². The van der Waals surface area contributed by atoms with Gasteiger partial charge in [-0.1, -0.05) is 437 Å². The predicted molar refractivity (Wildman–Crippen MR) is 359 cm³/mol. The molecule has 0 heterocycles. The van der Waals surface area contributed by atoms with Crippen molar-refractivity contribution in [1.29, 1.82) is 0 Å². The first-order valence-electron chi connectivity index (χ1n) is 37.9. The van der Waals surface area contributed by atoms with Crippen LogP contribution in [-0.2, 0) is 4.79 Å². The summed E-state index contributed by atoms with van der Waals surface area (Å²) in [6.07, 6.45) is 97.7. The van der Waals surface area contributed by atoms with E-state index in [2.05, 4.69) is 19.2 Å². The fourth-order valence-corrected chi connectivity index (χ4v) is 12.5. The van der Waals surface area contributed by atoms with Gasteiger partial charge in [0.2, 0.25) is 5.91 Å². The van der Waals surface area contributed by atoms with Gasteiger partial charge in [-0.25, -0.2) is 0 Å². The predicted octanol–water partition coefficient (Wildman–Crippen LogP) is 25.9. The van der Waals surface area contributed by atoms with Gasteiger partial charge >= 0.3 is 0 Å². The molecule has 0 aliphatic rings. The molecule has 0 aromatic heterocycles. The molecule has 4 heteroatoms. The van der Waals surface area contributed by atoms with Crippen molar-refractivity contribution in [2.45, 2.75) is 463 Å². The van der Waals surface area contributed by atoms with E-state index in [0.717, 1.165) is 25.7 Å². The molecule has 2 atom stereocenters. The lowest BCUT2D eigenvalue weighted by Crippen LogP contribution is -2.45. The quantitative estimate of drug-likeness (QED) is 0.0420. The Morgan fingerprint density at radius 3 is 0.650 bits per heavy atom. The summed E-state index contributed by atoms with van der Waals surface area (Å²) in [6, 6.07) is -0.620. The number of rotatable bonds is 72. The smallest absolute Gasteiger partial charge is 0.220 e. The first-order valence-corrected chi connectivity index (χ1v) is 37.9. The molecule has 0 rings (SSSR count). The highest BCUT2D eigenvalue weighted by Gasteiger charge is 2.18. The largest absolute Gasteiger partial charge is 0.394 e. The van der Waals surface area contributed by atoms with Gasteiger partial charge in [0.1, 0.15) is 0 Å². The van der Waals surface area contributed by atoms with Crippen LogP contribution in [0.5, 0.6) is 0 Å². The van der Waals surface area contributed by atoms with Crippen molar-refractivity contribution in [3.63, 3.8) is 0 Å². The molecule has 0 aliphatic heterocycles. The second-order valence-corrected chi connectivity index (χ2v) is 26.4. The van der Waals surface area contributed by atoms with Crippen LogP contribution in [0.25, 0.3) is 0 Å². The summed E-state index contributed by atoms with van der Waals surface area (Å²) in [5.41, 5.74) is 0. The normalized spacial score (nSPS) is 12.6. The lowest BCUT2D eigenvalue weighted by molar-refractivity contribution is -0.123. The Morgan fingerprint density at radius 2 is 0.463 bits per heavy atom. The van der Waals surface area contributed by atoms with Gasteiger partial charge in [-0.2, -0.15) is 0 Å². The maximum Gasteiger partial charge on any atom is 0.220 e. The molecule has 4 nitrogen and oxygen atoms in total. The molecule has 0 saturated heterocycles. The van der Waals surface area contributed by atoms with E-state index in [4.69, 9.17) is 0 Å². The molecule has 1 amide bonds. The molecular formula is C76H151NO3. The summed E-state index contributed by atoms with van der Waals surface area (Å²) in [6.45, 7) is 4.37. The summed E-state index contributed by atoms with van der Waals surface area (Å²) in [4.78, 5) is 12.6. The van der Waals surface area contributed by atoms with Crippen molar-refractivity contribution < 1.29 is 15.0 Å². The fourth-order valence-electron chi connectivity index (χ4n) is 12.5. The minimum absolute atomic E-state index is 0.0521. The zero-order chi connectivity index (χ0) is 57.6. The highest BCUT2D eigenvalue weighted by atomic mass is 16.3. The molecule has 0 bridgehead atoms. The molecule has 0 aromatic carbocycles. The molecule has 3 N–H and O–H groups in total. The first-order chi connectivity index (χ1) is 39.7. The number of carbonyl (C=O) groups is 1. The maximum absolute atomic E-state index is 12.6. The molecule has 2 unspecified atom stereocenters. The van der Waals surface area contributed by atoms with Crippen molar-refractivity contribution >= 4 is 5.91 Å². The van der Waals surface area contributed by atoms with Crippen molar-refractivity contribution in [3.8, 4) is 0 Å². The van der Waals surface area contributed by atoms with E-state index < -0.39 is 12.1 Å². The summed E-state index contributed by atoms with van der Waals surface area (Å²) < 4.78 is 0. The number of hydrogen-bond donors (Lipinski definition) is 3. The number of hydrogen-bond acceptors (Lipinski definition) is 3. The minimum atomic E-state index is -0.838. The van der Waals surface area contributed by atoms with Gasteiger partial charge in [-0.15, -0.1) is 0 Å². The second kappa shape index (κ2) is 72.4. The Hall–Kier alpha value is -0.870. The average Bonchev–Trinajstić information content (AvgIpc) is 3.46. The third-order valence-electron chi connectivity index (χ3n) is 18.3. The Balaban J connectivity index is 3.37. The maximum atomic E-state index is 12.6. The molecule has 0 spiro atoms. The van der Waals surface area contributed by atoms with Gasteiger partial charge in [-0.3, -0.25) is 4.79 Å². The monoisotopic (exact) mass is 1130 g/mol. The van der Waals surface area contributed by atoms with E-state index in [1.54, 1.807) is 6.08 Å². The topological polar surface area (TPSA) is 69.6 Å². The molecule has 0 fully saturated rings. The molecule has 478 valence electrons. The summed E-state index contributed by atoms with van der Waals surface area (Å²) in [5, 5.41) is 23.3. The van der Waals surface area contributed by atoms with Crippen molar-refractivity contribution in [1.82, 2.24) is 5.32 Å². The third kappa shape index (κ3) is 67.9. The zero-order valence-corrected chi connectivity index (χ0v) is 55.4. The number of nitrogens with one attached hydrogen (secondary N) is 1. The van der Waals surface area contributed by atoms with Crippen LogP contribution in [-0.4, -0.2) is 34.9 Å². The van der Waals surface area contributed by atoms with Crippen molar-refractivity contribution in [2.75, 3.05) is 6.61 Å². The number of aliphatic hydroxyl groups is 2. The molecule has 0 saturated carbocycles. The van der Waals surface area contributed by atoms with Crippen LogP contribution in [0.15, 0.2) is 12.2 Å². The number of amides is 1. The van der Waals surface area contributed by atoms with E-state index in [1.165, 1.54) is 405 Å². The Bertz CT molecular complexity index is 1140. The first kappa shape index (κ1) is 79.1. The van der Waals surface area contributed by atoms with Crippen molar-refractivity contribution in [3.05, 3.63) is 12.2 Å². The summed E-state index contributed by atoms with van der Waals surface area (Å²) in [5.74, 6) is -0.0521. The minimum Gasteiger partial charge on any atom is -0.394 e. The summed E-state index contributed by atoms with van der Waals surface area (Å²) in [7, 11) is 0. The van der Waals surface area contributed by atoms with Gasteiger partial charge < -0.3 is 15.5 Å². The van der Waals surface area contributed by atoms with E-state index in [0.29, 0.717) is 6.42 Å². The third-order valence-corrected chi connectivity index (χ3v) is 18.3. The molecular weight excluding hydrogens is 975 g/mol. The van der Waals surface area contributed by atoms with Gasteiger partial charge in [0.05, 0.1) is 18.8 Å². The van der Waals surface area contributed by atoms with Gasteiger partial charge in [0.25, 0.3) is 0 Å². The Labute approximate surface area is 505 Å². The number of unbranched alkanes of at least 4 members (excludes halogenated alkanes) is 65. The van der Waals surface area contributed by atoms with E-state index in [9.17, 15) is 15.0 Å². The van der Waals surface area contributed by atoms with Crippen LogP contribution in [0.3, 0.4) is 0 Å². The highest BCUT2D eigenvalue weighted by molar-refractivity contribution is 5.76. The van der Waals surface area contributed by atoms with Crippen LogP contribution >= 0.6 is 0 Å². The standard InChI is InChI=1S/C76H151NO3/c1-3-5-7-9-11-13-15-17-19-21-23-25-27-29-31-33-35-36-37-38-39-40-42-44-46-48-50-52-54-56-58-60-62-64-66-68-70-72-76(80)77-74(73-78)75(79)71-69-67-65-63-61-59-57-55-53-51-49-47-45-43-41-34-32-30-28-26-24-22-20-18-16-14-12-10-8-6-4-2/h69,71,74-75,78-79H,3-68,70,72-73H2,1-2H3,(H,77,80)/b71-69+. The van der Waals surface area contributed by atoms with E-state index in [-0.39, 0.29) is 12.5 Å². The van der Waals surface area contributed by atoms with Gasteiger partial charge in [0.15, 0.2) is 0 Å². The lowest BCUT2D eigenvalue weighted by Gasteiger charge is -2.20. The average molecular weight is 1130 g/mol. The Morgan fingerprint density at radius 1 is 0.287 bits per heavy atom. The summed E-state index contributed by atoms with van der Waals surface area (Å²) >= 11 is 0. The molecule has 80 heavy (non-hydrogen) atoms. The lowest BCUT2D eigenvalue weighted by atomic mass is 10.0.